The molecule has 5 aliphatic carbocycles. The van der Waals surface area contributed by atoms with E-state index in [1.807, 2.05) is 6.92 Å². The average Bonchev–Trinajstić information content (AvgIpc) is 3.59. The molecule has 8 fully saturated rings. The van der Waals surface area contributed by atoms with Crippen LogP contribution >= 0.6 is 0 Å². The van der Waals surface area contributed by atoms with Gasteiger partial charge in [0.1, 0.15) is 42.7 Å². The van der Waals surface area contributed by atoms with Crippen LogP contribution in [0.3, 0.4) is 0 Å². The molecule has 3 heterocycles. The highest BCUT2D eigenvalue weighted by molar-refractivity contribution is 5.29. The monoisotopic (exact) mass is 770 g/mol. The van der Waals surface area contributed by atoms with Gasteiger partial charge in [-0.15, -0.1) is 0 Å². The molecule has 0 aromatic heterocycles. The Kier molecular flexibility index (Phi) is 10.5. The van der Waals surface area contributed by atoms with Crippen molar-refractivity contribution in [2.75, 3.05) is 20.3 Å². The Morgan fingerprint density at radius 2 is 1.54 bits per heavy atom. The highest BCUT2D eigenvalue weighted by atomic mass is 16.7. The molecule has 0 bridgehead atoms. The van der Waals surface area contributed by atoms with Gasteiger partial charge in [-0.3, -0.25) is 0 Å². The van der Waals surface area contributed by atoms with Crippen LogP contribution < -0.4 is 0 Å². The van der Waals surface area contributed by atoms with Gasteiger partial charge in [0.2, 0.25) is 0 Å². The summed E-state index contributed by atoms with van der Waals surface area (Å²) in [6.45, 7) is 10.4. The molecule has 310 valence electrons. The quantitative estimate of drug-likeness (QED) is 0.153. The zero-order valence-electron chi connectivity index (χ0n) is 32.6. The van der Waals surface area contributed by atoms with Gasteiger partial charge in [0.15, 0.2) is 18.4 Å². The number of fused-ring (bicyclic) bond motifs is 6. The standard InChI is InChI=1S/C40H66O14/c1-17(16-50-35-33(47)32(46)30(44)25(15-41)52-35)7-10-40(49-6)18(2)28-24(54-40)13-23-21-12-26(42)39-14-20(39)11-27(38(39,5)22(21)8-9-37(23,28)4)53-36-34(48)31(45)29(43)19(3)51-36/h17-36,41-48H,7-16H2,1-6H3/t17-,18-,19+,20+,21+,22-,23-,24-,25+,26+,27+,28-,29-,30+,31-,32-,33+,34+,35+,36-,37-,38-,39-,40+/m0/s1. The molecule has 0 unspecified atom stereocenters. The normalized spacial score (nSPS) is 59.6. The van der Waals surface area contributed by atoms with E-state index in [4.69, 9.17) is 28.4 Å². The van der Waals surface area contributed by atoms with E-state index >= 15 is 0 Å². The molecule has 3 saturated heterocycles. The largest absolute Gasteiger partial charge is 0.394 e. The number of aliphatic hydroxyl groups excluding tert-OH is 8. The van der Waals surface area contributed by atoms with Crippen molar-refractivity contribution >= 4 is 0 Å². The van der Waals surface area contributed by atoms with Crippen molar-refractivity contribution in [1.82, 2.24) is 0 Å². The molecule has 0 aromatic rings. The van der Waals surface area contributed by atoms with E-state index in [0.29, 0.717) is 30.6 Å². The van der Waals surface area contributed by atoms with Gasteiger partial charge in [-0.05, 0) is 92.8 Å². The summed E-state index contributed by atoms with van der Waals surface area (Å²) in [5.74, 6) is 0.931. The number of methoxy groups -OCH3 is 1. The van der Waals surface area contributed by atoms with Crippen LogP contribution in [0, 0.1) is 57.7 Å². The van der Waals surface area contributed by atoms with Gasteiger partial charge in [0, 0.05) is 30.3 Å². The van der Waals surface area contributed by atoms with Crippen LogP contribution in [0.15, 0.2) is 0 Å². The van der Waals surface area contributed by atoms with Gasteiger partial charge >= 0.3 is 0 Å². The van der Waals surface area contributed by atoms with Crippen molar-refractivity contribution in [3.63, 3.8) is 0 Å². The van der Waals surface area contributed by atoms with E-state index in [2.05, 4.69) is 20.8 Å². The highest BCUT2D eigenvalue weighted by Gasteiger charge is 2.81. The second-order valence-corrected chi connectivity index (χ2v) is 19.3. The molecule has 24 atom stereocenters. The van der Waals surface area contributed by atoms with Crippen LogP contribution in [-0.2, 0) is 28.4 Å². The number of aliphatic hydroxyl groups is 8. The molecule has 1 spiro atoms. The van der Waals surface area contributed by atoms with E-state index in [9.17, 15) is 40.9 Å². The average molecular weight is 771 g/mol. The van der Waals surface area contributed by atoms with E-state index < -0.39 is 79.9 Å². The smallest absolute Gasteiger partial charge is 0.186 e. The Morgan fingerprint density at radius 3 is 2.24 bits per heavy atom. The van der Waals surface area contributed by atoms with Gasteiger partial charge in [-0.25, -0.2) is 0 Å². The van der Waals surface area contributed by atoms with Gasteiger partial charge in [0.25, 0.3) is 0 Å². The Bertz CT molecular complexity index is 1370. The third-order valence-electron chi connectivity index (χ3n) is 17.1. The van der Waals surface area contributed by atoms with Crippen LogP contribution in [0.5, 0.6) is 0 Å². The lowest BCUT2D eigenvalue weighted by atomic mass is 9.44. The molecule has 14 nitrogen and oxygen atoms in total. The van der Waals surface area contributed by atoms with Gasteiger partial charge in [-0.1, -0.05) is 27.7 Å². The molecule has 0 radical (unpaired) electrons. The predicted molar refractivity (Wildman–Crippen MR) is 189 cm³/mol. The Labute approximate surface area is 318 Å². The second-order valence-electron chi connectivity index (χ2n) is 19.3. The molecule has 8 N–H and O–H groups in total. The summed E-state index contributed by atoms with van der Waals surface area (Å²) in [7, 11) is 1.72. The van der Waals surface area contributed by atoms with Crippen molar-refractivity contribution in [2.24, 2.45) is 57.7 Å². The molecular formula is C40H66O14. The van der Waals surface area contributed by atoms with Crippen molar-refractivity contribution in [2.45, 2.75) is 171 Å². The van der Waals surface area contributed by atoms with E-state index in [1.54, 1.807) is 14.0 Å². The summed E-state index contributed by atoms with van der Waals surface area (Å²) in [5.41, 5.74) is -0.564. The summed E-state index contributed by atoms with van der Waals surface area (Å²) in [4.78, 5) is 0. The maximum Gasteiger partial charge on any atom is 0.186 e. The van der Waals surface area contributed by atoms with E-state index in [0.717, 1.165) is 38.5 Å². The number of hydrogen-bond donors (Lipinski definition) is 8. The van der Waals surface area contributed by atoms with E-state index in [1.165, 1.54) is 0 Å². The molecule has 14 heteroatoms. The van der Waals surface area contributed by atoms with Crippen LogP contribution in [0.25, 0.3) is 0 Å². The molecule has 5 saturated carbocycles. The molecular weight excluding hydrogens is 704 g/mol. The summed E-state index contributed by atoms with van der Waals surface area (Å²) in [6, 6.07) is 0. The number of hydrogen-bond acceptors (Lipinski definition) is 14. The Balaban J connectivity index is 0.941. The van der Waals surface area contributed by atoms with Crippen LogP contribution in [0.1, 0.15) is 86.0 Å². The molecule has 8 aliphatic rings. The van der Waals surface area contributed by atoms with Crippen LogP contribution in [-0.4, -0.2) is 147 Å². The molecule has 0 amide bonds. The lowest BCUT2D eigenvalue weighted by Crippen LogP contribution is -2.62. The van der Waals surface area contributed by atoms with Gasteiger partial charge in [-0.2, -0.15) is 0 Å². The number of rotatable bonds is 10. The van der Waals surface area contributed by atoms with Crippen molar-refractivity contribution in [3.05, 3.63) is 0 Å². The summed E-state index contributed by atoms with van der Waals surface area (Å²) in [5, 5.41) is 83.9. The second kappa shape index (κ2) is 14.0. The van der Waals surface area contributed by atoms with E-state index in [-0.39, 0.29) is 58.7 Å². The minimum atomic E-state index is -1.49. The predicted octanol–water partition coefficient (Wildman–Crippen LogP) is 0.659. The lowest BCUT2D eigenvalue weighted by Gasteiger charge is -2.62. The minimum absolute atomic E-state index is 0.0136. The zero-order valence-corrected chi connectivity index (χ0v) is 32.6. The van der Waals surface area contributed by atoms with Crippen molar-refractivity contribution in [3.8, 4) is 0 Å². The van der Waals surface area contributed by atoms with Crippen molar-refractivity contribution < 1.29 is 69.3 Å². The van der Waals surface area contributed by atoms with Crippen molar-refractivity contribution in [1.29, 1.82) is 0 Å². The fraction of sp³-hybridized carbons (Fsp3) is 1.00. The zero-order chi connectivity index (χ0) is 38.9. The van der Waals surface area contributed by atoms with Gasteiger partial charge < -0.3 is 69.3 Å². The Hall–Kier alpha value is -0.560. The Morgan fingerprint density at radius 1 is 0.833 bits per heavy atom. The first-order chi connectivity index (χ1) is 25.5. The van der Waals surface area contributed by atoms with Gasteiger partial charge in [0.05, 0.1) is 37.6 Å². The summed E-state index contributed by atoms with van der Waals surface area (Å²) < 4.78 is 37.3. The summed E-state index contributed by atoms with van der Waals surface area (Å²) >= 11 is 0. The third kappa shape index (κ3) is 5.63. The molecule has 0 aromatic carbocycles. The fourth-order valence-corrected chi connectivity index (χ4v) is 14.1. The molecule has 8 rings (SSSR count). The maximum atomic E-state index is 12.0. The maximum absolute atomic E-state index is 12.0. The first-order valence-electron chi connectivity index (χ1n) is 20.7. The molecule has 3 aliphatic heterocycles. The number of ether oxygens (including phenoxy) is 6. The third-order valence-corrected chi connectivity index (χ3v) is 17.1. The van der Waals surface area contributed by atoms with Crippen LogP contribution in [0.4, 0.5) is 0 Å². The topological polar surface area (TPSA) is 217 Å². The first kappa shape index (κ1) is 40.2. The highest BCUT2D eigenvalue weighted by Crippen LogP contribution is 2.82. The van der Waals surface area contributed by atoms with Crippen LogP contribution in [0.2, 0.25) is 0 Å². The summed E-state index contributed by atoms with van der Waals surface area (Å²) in [6.07, 6.45) is -6.07. The SMILES string of the molecule is CO[C@]1(CC[C@H](C)CO[C@@H]2O[C@H](CO)[C@@H](O)[C@H](O)[C@H]2O)O[C@H]2C[C@H]3[C@@H]4C[C@@H](O)[C@]56C[C@H]5C[C@@H](O[C@@H]5O[C@H](C)[C@H](O)[C@H](O)[C@H]5O)[C@]6(C)[C@H]4CC[C@]3(C)[C@H]2[C@@H]1C. The molecule has 54 heavy (non-hydrogen) atoms. The lowest BCUT2D eigenvalue weighted by molar-refractivity contribution is -0.321. The first-order valence-corrected chi connectivity index (χ1v) is 20.7. The fourth-order valence-electron chi connectivity index (χ4n) is 14.1. The minimum Gasteiger partial charge on any atom is -0.394 e.